The fraction of sp³-hybridized carbons (Fsp3) is 1.00. The van der Waals surface area contributed by atoms with Gasteiger partial charge in [-0.1, -0.05) is 6.42 Å². The second kappa shape index (κ2) is 4.66. The van der Waals surface area contributed by atoms with Gasteiger partial charge in [0, 0.05) is 19.2 Å². The smallest absolute Gasteiger partial charge is 0.0572 e. The molecule has 0 aromatic rings. The molecule has 0 saturated heterocycles. The first-order valence-corrected chi connectivity index (χ1v) is 7.14. The molecule has 3 saturated carbocycles. The van der Waals surface area contributed by atoms with Crippen molar-refractivity contribution in [2.75, 3.05) is 7.11 Å². The molecule has 2 nitrogen and oxygen atoms in total. The summed E-state index contributed by atoms with van der Waals surface area (Å²) in [6.07, 6.45) is 11.7. The Labute approximate surface area is 99.1 Å². The maximum absolute atomic E-state index is 5.43. The third-order valence-corrected chi connectivity index (χ3v) is 5.20. The van der Waals surface area contributed by atoms with Crippen LogP contribution in [0.5, 0.6) is 0 Å². The fourth-order valence-corrected chi connectivity index (χ4v) is 4.22. The zero-order chi connectivity index (χ0) is 11.0. The molecule has 0 aromatic heterocycles. The van der Waals surface area contributed by atoms with Crippen LogP contribution in [0, 0.1) is 11.8 Å². The van der Waals surface area contributed by atoms with E-state index in [1.165, 1.54) is 51.4 Å². The normalized spacial score (nSPS) is 47.4. The van der Waals surface area contributed by atoms with E-state index < -0.39 is 0 Å². The van der Waals surface area contributed by atoms with Gasteiger partial charge in [0.15, 0.2) is 0 Å². The van der Waals surface area contributed by atoms with Crippen LogP contribution in [0.15, 0.2) is 0 Å². The van der Waals surface area contributed by atoms with Crippen LogP contribution in [0.4, 0.5) is 0 Å². The number of hydrogen-bond acceptors (Lipinski definition) is 2. The SMILES string of the molecule is COC1CCC(NC2CC3CCC2C3)CC1. The first kappa shape index (κ1) is 11.0. The summed E-state index contributed by atoms with van der Waals surface area (Å²) in [4.78, 5) is 0. The van der Waals surface area contributed by atoms with Gasteiger partial charge in [-0.05, 0) is 56.8 Å². The summed E-state index contributed by atoms with van der Waals surface area (Å²) >= 11 is 0. The Morgan fingerprint density at radius 1 is 0.938 bits per heavy atom. The molecule has 3 fully saturated rings. The van der Waals surface area contributed by atoms with Crippen LogP contribution in [0.2, 0.25) is 0 Å². The summed E-state index contributed by atoms with van der Waals surface area (Å²) in [6, 6.07) is 1.65. The highest BCUT2D eigenvalue weighted by Crippen LogP contribution is 2.44. The predicted octanol–water partition coefficient (Wildman–Crippen LogP) is 2.72. The van der Waals surface area contributed by atoms with E-state index in [4.69, 9.17) is 4.74 Å². The molecular formula is C14H25NO. The lowest BCUT2D eigenvalue weighted by molar-refractivity contribution is 0.0600. The molecule has 3 unspecified atom stereocenters. The van der Waals surface area contributed by atoms with Crippen molar-refractivity contribution in [3.8, 4) is 0 Å². The molecule has 0 amide bonds. The third kappa shape index (κ3) is 2.14. The molecule has 2 bridgehead atoms. The van der Waals surface area contributed by atoms with E-state index >= 15 is 0 Å². The molecule has 3 aliphatic rings. The Hall–Kier alpha value is -0.0800. The van der Waals surface area contributed by atoms with Crippen LogP contribution in [0.1, 0.15) is 51.4 Å². The van der Waals surface area contributed by atoms with Gasteiger partial charge in [-0.15, -0.1) is 0 Å². The Kier molecular flexibility index (Phi) is 3.21. The van der Waals surface area contributed by atoms with Crippen molar-refractivity contribution in [1.29, 1.82) is 0 Å². The van der Waals surface area contributed by atoms with Crippen LogP contribution in [0.25, 0.3) is 0 Å². The molecule has 0 spiro atoms. The topological polar surface area (TPSA) is 21.3 Å². The van der Waals surface area contributed by atoms with E-state index in [1.54, 1.807) is 0 Å². The minimum atomic E-state index is 0.540. The standard InChI is InChI=1S/C14H25NO/c1-16-13-6-4-12(5-7-13)15-14-9-10-2-3-11(14)8-10/h10-15H,2-9H2,1H3. The van der Waals surface area contributed by atoms with Crippen LogP contribution in [-0.2, 0) is 4.74 Å². The number of methoxy groups -OCH3 is 1. The third-order valence-electron chi connectivity index (χ3n) is 5.20. The van der Waals surface area contributed by atoms with Gasteiger partial charge in [0.05, 0.1) is 6.10 Å². The quantitative estimate of drug-likeness (QED) is 0.794. The first-order valence-electron chi connectivity index (χ1n) is 7.14. The Balaban J connectivity index is 1.46. The molecule has 1 N–H and O–H groups in total. The number of rotatable bonds is 3. The van der Waals surface area contributed by atoms with E-state index in [9.17, 15) is 0 Å². The second-order valence-corrected chi connectivity index (χ2v) is 6.16. The van der Waals surface area contributed by atoms with Crippen molar-refractivity contribution in [2.24, 2.45) is 11.8 Å². The molecule has 92 valence electrons. The van der Waals surface area contributed by atoms with Gasteiger partial charge in [0.2, 0.25) is 0 Å². The molecule has 0 aliphatic heterocycles. The van der Waals surface area contributed by atoms with Crippen molar-refractivity contribution in [3.05, 3.63) is 0 Å². The van der Waals surface area contributed by atoms with Gasteiger partial charge in [-0.2, -0.15) is 0 Å². The van der Waals surface area contributed by atoms with Crippen molar-refractivity contribution >= 4 is 0 Å². The number of ether oxygens (including phenoxy) is 1. The van der Waals surface area contributed by atoms with Crippen molar-refractivity contribution in [1.82, 2.24) is 5.32 Å². The minimum absolute atomic E-state index is 0.540. The summed E-state index contributed by atoms with van der Waals surface area (Å²) in [5.41, 5.74) is 0. The maximum atomic E-state index is 5.43. The Morgan fingerprint density at radius 2 is 1.75 bits per heavy atom. The lowest BCUT2D eigenvalue weighted by Gasteiger charge is -2.33. The molecular weight excluding hydrogens is 198 g/mol. The number of nitrogens with one attached hydrogen (secondary N) is 1. The second-order valence-electron chi connectivity index (χ2n) is 6.16. The highest BCUT2D eigenvalue weighted by atomic mass is 16.5. The lowest BCUT2D eigenvalue weighted by atomic mass is 9.89. The fourth-order valence-electron chi connectivity index (χ4n) is 4.22. The molecule has 0 radical (unpaired) electrons. The van der Waals surface area contributed by atoms with E-state index in [-0.39, 0.29) is 0 Å². The van der Waals surface area contributed by atoms with E-state index in [0.29, 0.717) is 6.10 Å². The number of fused-ring (bicyclic) bond motifs is 2. The molecule has 2 heteroatoms. The first-order chi connectivity index (χ1) is 7.85. The van der Waals surface area contributed by atoms with E-state index in [1.807, 2.05) is 7.11 Å². The summed E-state index contributed by atoms with van der Waals surface area (Å²) in [5, 5.41) is 3.94. The summed E-state index contributed by atoms with van der Waals surface area (Å²) in [6.45, 7) is 0. The zero-order valence-corrected chi connectivity index (χ0v) is 10.5. The largest absolute Gasteiger partial charge is 0.381 e. The summed E-state index contributed by atoms with van der Waals surface area (Å²) < 4.78 is 5.43. The molecule has 0 aromatic carbocycles. The molecule has 3 aliphatic carbocycles. The minimum Gasteiger partial charge on any atom is -0.381 e. The van der Waals surface area contributed by atoms with Crippen molar-refractivity contribution in [2.45, 2.75) is 69.6 Å². The van der Waals surface area contributed by atoms with Crippen LogP contribution in [-0.4, -0.2) is 25.3 Å². The van der Waals surface area contributed by atoms with E-state index in [0.717, 1.165) is 23.9 Å². The molecule has 3 rings (SSSR count). The van der Waals surface area contributed by atoms with Crippen LogP contribution >= 0.6 is 0 Å². The van der Waals surface area contributed by atoms with Crippen LogP contribution < -0.4 is 5.32 Å². The average molecular weight is 223 g/mol. The highest BCUT2D eigenvalue weighted by Gasteiger charge is 2.40. The molecule has 0 heterocycles. The van der Waals surface area contributed by atoms with Gasteiger partial charge in [0.1, 0.15) is 0 Å². The van der Waals surface area contributed by atoms with Crippen LogP contribution in [0.3, 0.4) is 0 Å². The van der Waals surface area contributed by atoms with Crippen molar-refractivity contribution < 1.29 is 4.74 Å². The predicted molar refractivity (Wildman–Crippen MR) is 65.4 cm³/mol. The number of hydrogen-bond donors (Lipinski definition) is 1. The highest BCUT2D eigenvalue weighted by molar-refractivity contribution is 4.95. The van der Waals surface area contributed by atoms with Gasteiger partial charge >= 0.3 is 0 Å². The zero-order valence-electron chi connectivity index (χ0n) is 10.5. The van der Waals surface area contributed by atoms with Gasteiger partial charge in [-0.25, -0.2) is 0 Å². The average Bonchev–Trinajstić information content (AvgIpc) is 2.92. The Bertz CT molecular complexity index is 235. The Morgan fingerprint density at radius 3 is 2.31 bits per heavy atom. The summed E-state index contributed by atoms with van der Waals surface area (Å²) in [5.74, 6) is 2.09. The van der Waals surface area contributed by atoms with Gasteiger partial charge < -0.3 is 10.1 Å². The van der Waals surface area contributed by atoms with E-state index in [2.05, 4.69) is 5.32 Å². The maximum Gasteiger partial charge on any atom is 0.0572 e. The monoisotopic (exact) mass is 223 g/mol. The lowest BCUT2D eigenvalue weighted by Crippen LogP contribution is -2.43. The molecule has 16 heavy (non-hydrogen) atoms. The van der Waals surface area contributed by atoms with Crippen molar-refractivity contribution in [3.63, 3.8) is 0 Å². The van der Waals surface area contributed by atoms with Gasteiger partial charge in [-0.3, -0.25) is 0 Å². The molecule has 3 atom stereocenters. The summed E-state index contributed by atoms with van der Waals surface area (Å²) in [7, 11) is 1.86. The van der Waals surface area contributed by atoms with Gasteiger partial charge in [0.25, 0.3) is 0 Å².